The normalized spacial score (nSPS) is 10.5. The van der Waals surface area contributed by atoms with Gasteiger partial charge in [0.15, 0.2) is 0 Å². The van der Waals surface area contributed by atoms with E-state index in [1.54, 1.807) is 6.07 Å². The molecule has 0 aliphatic carbocycles. The van der Waals surface area contributed by atoms with Gasteiger partial charge in [0.05, 0.1) is 5.02 Å². The zero-order chi connectivity index (χ0) is 12.6. The molecule has 0 aliphatic heterocycles. The van der Waals surface area contributed by atoms with Crippen molar-refractivity contribution in [2.24, 2.45) is 0 Å². The molecule has 5 heteroatoms. The number of carboxylic acid groups (broad SMARTS) is 1. The predicted molar refractivity (Wildman–Crippen MR) is 63.4 cm³/mol. The fourth-order valence-electron chi connectivity index (χ4n) is 1.59. The molecule has 1 aromatic heterocycles. The Kier molecular flexibility index (Phi) is 2.90. The van der Waals surface area contributed by atoms with Gasteiger partial charge in [-0.25, -0.2) is 4.79 Å². The van der Waals surface area contributed by atoms with Crippen LogP contribution in [-0.2, 0) is 0 Å². The van der Waals surface area contributed by atoms with Crippen molar-refractivity contribution < 1.29 is 14.4 Å². The largest absolute Gasteiger partial charge is 0.475 e. The molecule has 0 aliphatic rings. The van der Waals surface area contributed by atoms with Crippen LogP contribution in [0.5, 0.6) is 0 Å². The molecule has 1 N–H and O–H groups in total. The van der Waals surface area contributed by atoms with Gasteiger partial charge < -0.3 is 9.63 Å². The van der Waals surface area contributed by atoms with Gasteiger partial charge in [-0.2, -0.15) is 0 Å². The quantitative estimate of drug-likeness (QED) is 0.889. The van der Waals surface area contributed by atoms with Crippen molar-refractivity contribution in [3.05, 3.63) is 40.1 Å². The predicted octanol–water partition coefficient (Wildman–Crippen LogP) is 3.31. The third-order valence-electron chi connectivity index (χ3n) is 2.66. The highest BCUT2D eigenvalue weighted by Crippen LogP contribution is 2.32. The summed E-state index contributed by atoms with van der Waals surface area (Å²) in [6.45, 7) is 3.86. The summed E-state index contributed by atoms with van der Waals surface area (Å²) in [4.78, 5) is 10.7. The molecule has 0 spiro atoms. The first kappa shape index (κ1) is 11.7. The molecule has 2 aromatic rings. The van der Waals surface area contributed by atoms with Gasteiger partial charge in [-0.15, -0.1) is 0 Å². The van der Waals surface area contributed by atoms with Crippen molar-refractivity contribution in [2.75, 3.05) is 0 Å². The van der Waals surface area contributed by atoms with E-state index < -0.39 is 5.97 Å². The van der Waals surface area contributed by atoms with Crippen molar-refractivity contribution in [3.8, 4) is 11.3 Å². The number of hydrogen-bond donors (Lipinski definition) is 1. The van der Waals surface area contributed by atoms with Crippen LogP contribution in [-0.4, -0.2) is 16.2 Å². The summed E-state index contributed by atoms with van der Waals surface area (Å²) >= 11 is 6.10. The van der Waals surface area contributed by atoms with Gasteiger partial charge in [0, 0.05) is 11.6 Å². The highest BCUT2D eigenvalue weighted by Gasteiger charge is 2.16. The lowest BCUT2D eigenvalue weighted by atomic mass is 10.0. The van der Waals surface area contributed by atoms with Crippen molar-refractivity contribution >= 4 is 17.6 Å². The second-order valence-electron chi connectivity index (χ2n) is 3.75. The lowest BCUT2D eigenvalue weighted by Gasteiger charge is -2.07. The average molecular weight is 252 g/mol. The maximum atomic E-state index is 10.7. The first-order valence-corrected chi connectivity index (χ1v) is 5.34. The Morgan fingerprint density at radius 3 is 2.71 bits per heavy atom. The standard InChI is InChI=1S/C12H10ClNO3/c1-6-3-4-8(13)11(7(6)2)9-5-10(12(15)16)17-14-9/h3-5H,1-2H3,(H,15,16). The maximum absolute atomic E-state index is 10.7. The SMILES string of the molecule is Cc1ccc(Cl)c(-c2cc(C(=O)O)on2)c1C. The van der Waals surface area contributed by atoms with Crippen molar-refractivity contribution in [3.63, 3.8) is 0 Å². The van der Waals surface area contributed by atoms with Crippen molar-refractivity contribution in [2.45, 2.75) is 13.8 Å². The minimum absolute atomic E-state index is 0.197. The van der Waals surface area contributed by atoms with Crippen molar-refractivity contribution in [1.82, 2.24) is 5.16 Å². The van der Waals surface area contributed by atoms with Crippen LogP contribution in [0.2, 0.25) is 5.02 Å². The first-order chi connectivity index (χ1) is 8.00. The van der Waals surface area contributed by atoms with E-state index in [0.29, 0.717) is 16.3 Å². The minimum atomic E-state index is -1.15. The lowest BCUT2D eigenvalue weighted by molar-refractivity contribution is 0.0652. The van der Waals surface area contributed by atoms with E-state index in [0.717, 1.165) is 11.1 Å². The molecule has 2 rings (SSSR count). The molecular weight excluding hydrogens is 242 g/mol. The molecule has 0 radical (unpaired) electrons. The van der Waals surface area contributed by atoms with Crippen LogP contribution >= 0.6 is 11.6 Å². The fourth-order valence-corrected chi connectivity index (χ4v) is 1.89. The van der Waals surface area contributed by atoms with Crippen LogP contribution < -0.4 is 0 Å². The summed E-state index contributed by atoms with van der Waals surface area (Å²) in [5, 5.41) is 13.0. The number of benzene rings is 1. The number of nitrogens with zero attached hydrogens (tertiary/aromatic N) is 1. The zero-order valence-electron chi connectivity index (χ0n) is 9.32. The monoisotopic (exact) mass is 251 g/mol. The second kappa shape index (κ2) is 4.22. The number of aromatic nitrogens is 1. The smallest absolute Gasteiger partial charge is 0.374 e. The highest BCUT2D eigenvalue weighted by atomic mass is 35.5. The van der Waals surface area contributed by atoms with Crippen LogP contribution in [0.4, 0.5) is 0 Å². The molecule has 1 aromatic carbocycles. The van der Waals surface area contributed by atoms with Gasteiger partial charge in [0.1, 0.15) is 5.69 Å². The minimum Gasteiger partial charge on any atom is -0.475 e. The van der Waals surface area contributed by atoms with Crippen LogP contribution in [0, 0.1) is 13.8 Å². The van der Waals surface area contributed by atoms with Gasteiger partial charge in [-0.1, -0.05) is 22.8 Å². The molecule has 0 saturated carbocycles. The van der Waals surface area contributed by atoms with Crippen LogP contribution in [0.25, 0.3) is 11.3 Å². The second-order valence-corrected chi connectivity index (χ2v) is 4.15. The molecule has 0 saturated heterocycles. The summed E-state index contributed by atoms with van der Waals surface area (Å²) in [5.41, 5.74) is 3.17. The van der Waals surface area contributed by atoms with E-state index >= 15 is 0 Å². The number of aryl methyl sites for hydroxylation is 1. The molecule has 4 nitrogen and oxygen atoms in total. The number of carboxylic acids is 1. The van der Waals surface area contributed by atoms with Gasteiger partial charge >= 0.3 is 5.97 Å². The molecule has 0 unspecified atom stereocenters. The Balaban J connectivity index is 2.60. The van der Waals surface area contributed by atoms with Crippen LogP contribution in [0.3, 0.4) is 0 Å². The summed E-state index contributed by atoms with van der Waals surface area (Å²) in [6, 6.07) is 5.03. The van der Waals surface area contributed by atoms with Gasteiger partial charge in [-0.05, 0) is 31.0 Å². The molecule has 0 fully saturated rings. The number of aromatic carboxylic acids is 1. The lowest BCUT2D eigenvalue weighted by Crippen LogP contribution is -1.92. The zero-order valence-corrected chi connectivity index (χ0v) is 10.1. The summed E-state index contributed by atoms with van der Waals surface area (Å²) in [7, 11) is 0. The Morgan fingerprint density at radius 2 is 2.12 bits per heavy atom. The summed E-state index contributed by atoms with van der Waals surface area (Å²) in [6.07, 6.45) is 0. The first-order valence-electron chi connectivity index (χ1n) is 4.97. The molecule has 0 amide bonds. The highest BCUT2D eigenvalue weighted by molar-refractivity contribution is 6.33. The topological polar surface area (TPSA) is 63.3 Å². The average Bonchev–Trinajstić information content (AvgIpc) is 2.73. The van der Waals surface area contributed by atoms with Gasteiger partial charge in [-0.3, -0.25) is 0 Å². The number of rotatable bonds is 2. The van der Waals surface area contributed by atoms with E-state index in [1.165, 1.54) is 6.07 Å². The van der Waals surface area contributed by atoms with E-state index in [4.69, 9.17) is 21.2 Å². The summed E-state index contributed by atoms with van der Waals surface area (Å²) in [5.74, 6) is -1.35. The van der Waals surface area contributed by atoms with Crippen LogP contribution in [0.15, 0.2) is 22.7 Å². The van der Waals surface area contributed by atoms with Gasteiger partial charge in [0.2, 0.25) is 5.76 Å². The number of hydrogen-bond acceptors (Lipinski definition) is 3. The van der Waals surface area contributed by atoms with E-state index in [-0.39, 0.29) is 5.76 Å². The molecule has 17 heavy (non-hydrogen) atoms. The van der Waals surface area contributed by atoms with E-state index in [1.807, 2.05) is 19.9 Å². The Morgan fingerprint density at radius 1 is 1.41 bits per heavy atom. The van der Waals surface area contributed by atoms with Gasteiger partial charge in [0.25, 0.3) is 0 Å². The Hall–Kier alpha value is -1.81. The summed E-state index contributed by atoms with van der Waals surface area (Å²) < 4.78 is 4.72. The fraction of sp³-hybridized carbons (Fsp3) is 0.167. The van der Waals surface area contributed by atoms with E-state index in [2.05, 4.69) is 5.16 Å². The van der Waals surface area contributed by atoms with Crippen LogP contribution in [0.1, 0.15) is 21.7 Å². The molecule has 0 atom stereocenters. The third-order valence-corrected chi connectivity index (χ3v) is 2.98. The Bertz CT molecular complexity index is 589. The molecule has 88 valence electrons. The molecule has 1 heterocycles. The Labute approximate surface area is 103 Å². The van der Waals surface area contributed by atoms with Crippen molar-refractivity contribution in [1.29, 1.82) is 0 Å². The molecule has 0 bridgehead atoms. The number of carbonyl (C=O) groups is 1. The number of halogens is 1. The maximum Gasteiger partial charge on any atom is 0.374 e. The third kappa shape index (κ3) is 2.03. The van der Waals surface area contributed by atoms with E-state index in [9.17, 15) is 4.79 Å². The molecular formula is C12H10ClNO3.